The van der Waals surface area contributed by atoms with Crippen LogP contribution in [0.3, 0.4) is 0 Å². The lowest BCUT2D eigenvalue weighted by Crippen LogP contribution is -2.26. The molecule has 0 radical (unpaired) electrons. The van der Waals surface area contributed by atoms with Crippen LogP contribution in [0.1, 0.15) is 27.2 Å². The summed E-state index contributed by atoms with van der Waals surface area (Å²) >= 11 is 0. The van der Waals surface area contributed by atoms with Gasteiger partial charge in [-0.2, -0.15) is 0 Å². The number of rotatable bonds is 5. The van der Waals surface area contributed by atoms with Gasteiger partial charge in [-0.3, -0.25) is 9.59 Å². The second-order valence-electron chi connectivity index (χ2n) is 3.08. The van der Waals surface area contributed by atoms with E-state index in [9.17, 15) is 14.4 Å². The molecule has 0 aliphatic heterocycles. The average molecular weight is 170 g/mol. The van der Waals surface area contributed by atoms with Crippen molar-refractivity contribution < 1.29 is 14.4 Å². The molecule has 0 spiro atoms. The first kappa shape index (κ1) is 11.0. The Hall–Kier alpha value is -0.990. The van der Waals surface area contributed by atoms with Crippen molar-refractivity contribution in [2.45, 2.75) is 27.2 Å². The number of aldehydes is 1. The van der Waals surface area contributed by atoms with E-state index in [0.29, 0.717) is 0 Å². The van der Waals surface area contributed by atoms with Crippen molar-refractivity contribution in [3.8, 4) is 0 Å². The molecule has 0 saturated carbocycles. The number of hydrogen-bond acceptors (Lipinski definition) is 3. The molecule has 0 amide bonds. The van der Waals surface area contributed by atoms with Gasteiger partial charge in [-0.05, 0) is 19.8 Å². The van der Waals surface area contributed by atoms with Crippen molar-refractivity contribution in [2.75, 3.05) is 0 Å². The highest BCUT2D eigenvalue weighted by Crippen LogP contribution is 2.16. The lowest BCUT2D eigenvalue weighted by Gasteiger charge is -2.15. The number of ketones is 2. The lowest BCUT2D eigenvalue weighted by atomic mass is 9.86. The van der Waals surface area contributed by atoms with Gasteiger partial charge in [0.15, 0.2) is 0 Å². The fourth-order valence-electron chi connectivity index (χ4n) is 1.38. The summed E-state index contributed by atoms with van der Waals surface area (Å²) in [5, 5.41) is 0. The van der Waals surface area contributed by atoms with Crippen LogP contribution in [0.5, 0.6) is 0 Å². The Bertz CT molecular complexity index is 182. The van der Waals surface area contributed by atoms with Crippen LogP contribution in [-0.4, -0.2) is 17.9 Å². The quantitative estimate of drug-likeness (QED) is 0.457. The predicted molar refractivity (Wildman–Crippen MR) is 44.7 cm³/mol. The molecule has 68 valence electrons. The standard InChI is InChI=1S/C9H14O3/c1-6(4-5-10)9(7(2)11)8(3)12/h5-6,9H,4H2,1-3H3/t6-/m0/s1. The predicted octanol–water partition coefficient (Wildman–Crippen LogP) is 1.01. The van der Waals surface area contributed by atoms with Crippen LogP contribution in [0.2, 0.25) is 0 Å². The van der Waals surface area contributed by atoms with Gasteiger partial charge in [0.25, 0.3) is 0 Å². The van der Waals surface area contributed by atoms with Crippen molar-refractivity contribution in [1.29, 1.82) is 0 Å². The lowest BCUT2D eigenvalue weighted by molar-refractivity contribution is -0.132. The number of carbonyl (C=O) groups excluding carboxylic acids is 3. The third-order valence-electron chi connectivity index (χ3n) is 1.91. The van der Waals surface area contributed by atoms with Gasteiger partial charge in [-0.1, -0.05) is 6.92 Å². The van der Waals surface area contributed by atoms with E-state index in [-0.39, 0.29) is 23.9 Å². The minimum absolute atomic E-state index is 0.156. The third kappa shape index (κ3) is 2.95. The molecule has 0 bridgehead atoms. The van der Waals surface area contributed by atoms with Gasteiger partial charge < -0.3 is 4.79 Å². The number of hydrogen-bond donors (Lipinski definition) is 0. The molecule has 3 nitrogen and oxygen atoms in total. The van der Waals surface area contributed by atoms with Crippen molar-refractivity contribution in [2.24, 2.45) is 11.8 Å². The molecule has 0 saturated heterocycles. The molecule has 0 heterocycles. The van der Waals surface area contributed by atoms with Crippen molar-refractivity contribution in [1.82, 2.24) is 0 Å². The van der Waals surface area contributed by atoms with Gasteiger partial charge in [-0.25, -0.2) is 0 Å². The first-order chi connectivity index (χ1) is 5.50. The highest BCUT2D eigenvalue weighted by Gasteiger charge is 2.25. The van der Waals surface area contributed by atoms with Crippen LogP contribution in [0.15, 0.2) is 0 Å². The average Bonchev–Trinajstić information content (AvgIpc) is 1.85. The molecule has 0 unspecified atom stereocenters. The molecular formula is C9H14O3. The van der Waals surface area contributed by atoms with Crippen LogP contribution in [0, 0.1) is 11.8 Å². The number of Topliss-reactive ketones (excluding diaryl/α,β-unsaturated/α-hetero) is 2. The zero-order valence-electron chi connectivity index (χ0n) is 7.66. The Morgan fingerprint density at radius 1 is 1.25 bits per heavy atom. The Balaban J connectivity index is 4.39. The maximum Gasteiger partial charge on any atom is 0.140 e. The SMILES string of the molecule is CC(=O)C(C(C)=O)[C@@H](C)CC=O. The smallest absolute Gasteiger partial charge is 0.140 e. The largest absolute Gasteiger partial charge is 0.303 e. The van der Waals surface area contributed by atoms with Gasteiger partial charge in [0.05, 0.1) is 5.92 Å². The Kier molecular flexibility index (Phi) is 4.40. The van der Waals surface area contributed by atoms with E-state index in [1.54, 1.807) is 6.92 Å². The summed E-state index contributed by atoms with van der Waals surface area (Å²) in [5.41, 5.74) is 0. The molecule has 0 aliphatic carbocycles. The van der Waals surface area contributed by atoms with Crippen molar-refractivity contribution >= 4 is 17.9 Å². The van der Waals surface area contributed by atoms with E-state index >= 15 is 0 Å². The van der Waals surface area contributed by atoms with Crippen molar-refractivity contribution in [3.05, 3.63) is 0 Å². The van der Waals surface area contributed by atoms with Gasteiger partial charge in [-0.15, -0.1) is 0 Å². The second-order valence-corrected chi connectivity index (χ2v) is 3.08. The molecule has 0 aliphatic rings. The minimum Gasteiger partial charge on any atom is -0.303 e. The zero-order valence-corrected chi connectivity index (χ0v) is 7.66. The maximum atomic E-state index is 11.0. The molecule has 0 fully saturated rings. The van der Waals surface area contributed by atoms with E-state index in [4.69, 9.17) is 0 Å². The molecule has 12 heavy (non-hydrogen) atoms. The Morgan fingerprint density at radius 3 is 1.92 bits per heavy atom. The first-order valence-electron chi connectivity index (χ1n) is 3.95. The van der Waals surface area contributed by atoms with E-state index in [1.165, 1.54) is 13.8 Å². The van der Waals surface area contributed by atoms with Crippen LogP contribution in [0.4, 0.5) is 0 Å². The van der Waals surface area contributed by atoms with E-state index in [0.717, 1.165) is 6.29 Å². The highest BCUT2D eigenvalue weighted by atomic mass is 16.1. The van der Waals surface area contributed by atoms with Crippen LogP contribution in [0.25, 0.3) is 0 Å². The second kappa shape index (κ2) is 4.80. The third-order valence-corrected chi connectivity index (χ3v) is 1.91. The van der Waals surface area contributed by atoms with Gasteiger partial charge >= 0.3 is 0 Å². The van der Waals surface area contributed by atoms with E-state index < -0.39 is 5.92 Å². The first-order valence-corrected chi connectivity index (χ1v) is 3.95. The molecule has 0 N–H and O–H groups in total. The summed E-state index contributed by atoms with van der Waals surface area (Å²) in [5.74, 6) is -1.08. The molecular weight excluding hydrogens is 156 g/mol. The molecule has 0 aromatic rings. The summed E-state index contributed by atoms with van der Waals surface area (Å²) < 4.78 is 0. The molecule has 0 aromatic heterocycles. The van der Waals surface area contributed by atoms with E-state index in [2.05, 4.69) is 0 Å². The Morgan fingerprint density at radius 2 is 1.67 bits per heavy atom. The molecule has 3 heteroatoms. The molecule has 0 rings (SSSR count). The number of carbonyl (C=O) groups is 3. The molecule has 0 aromatic carbocycles. The summed E-state index contributed by atoms with van der Waals surface area (Å²) in [6.07, 6.45) is 1.01. The highest BCUT2D eigenvalue weighted by molar-refractivity contribution is 6.00. The van der Waals surface area contributed by atoms with Crippen molar-refractivity contribution in [3.63, 3.8) is 0 Å². The Labute approximate surface area is 72.1 Å². The monoisotopic (exact) mass is 170 g/mol. The summed E-state index contributed by atoms with van der Waals surface area (Å²) in [6, 6.07) is 0. The van der Waals surface area contributed by atoms with Gasteiger partial charge in [0, 0.05) is 6.42 Å². The summed E-state index contributed by atoms with van der Waals surface area (Å²) in [7, 11) is 0. The fraction of sp³-hybridized carbons (Fsp3) is 0.667. The van der Waals surface area contributed by atoms with E-state index in [1.807, 2.05) is 0 Å². The zero-order chi connectivity index (χ0) is 9.72. The maximum absolute atomic E-state index is 11.0. The normalized spacial score (nSPS) is 12.7. The van der Waals surface area contributed by atoms with Gasteiger partial charge in [0.1, 0.15) is 17.9 Å². The van der Waals surface area contributed by atoms with Crippen LogP contribution < -0.4 is 0 Å². The van der Waals surface area contributed by atoms with Gasteiger partial charge in [0.2, 0.25) is 0 Å². The van der Waals surface area contributed by atoms with Crippen LogP contribution >= 0.6 is 0 Å². The topological polar surface area (TPSA) is 51.2 Å². The fourth-order valence-corrected chi connectivity index (χ4v) is 1.38. The molecule has 1 atom stereocenters. The minimum atomic E-state index is -0.602. The summed E-state index contributed by atoms with van der Waals surface area (Å²) in [4.78, 5) is 32.1. The summed E-state index contributed by atoms with van der Waals surface area (Å²) in [6.45, 7) is 4.50. The van der Waals surface area contributed by atoms with Crippen LogP contribution in [-0.2, 0) is 14.4 Å².